The Balaban J connectivity index is 1.37. The number of likely N-dealkylation sites (tertiary alicyclic amines) is 1. The summed E-state index contributed by atoms with van der Waals surface area (Å²) in [5, 5.41) is 23.8. The molecule has 9 heteroatoms. The highest BCUT2D eigenvalue weighted by atomic mass is 19.1. The number of fused-ring (bicyclic) bond motifs is 1. The highest BCUT2D eigenvalue weighted by Gasteiger charge is 2.20. The van der Waals surface area contributed by atoms with Gasteiger partial charge in [0.15, 0.2) is 0 Å². The van der Waals surface area contributed by atoms with Crippen molar-refractivity contribution in [1.29, 1.82) is 5.41 Å². The van der Waals surface area contributed by atoms with Gasteiger partial charge in [-0.05, 0) is 70.4 Å². The Morgan fingerprint density at radius 1 is 1.00 bits per heavy atom. The van der Waals surface area contributed by atoms with Crippen LogP contribution in [0.5, 0.6) is 0 Å². The highest BCUT2D eigenvalue weighted by molar-refractivity contribution is 6.02. The first-order chi connectivity index (χ1) is 15.6. The molecule has 0 radical (unpaired) electrons. The predicted octanol–water partition coefficient (Wildman–Crippen LogP) is 3.63. The van der Waals surface area contributed by atoms with E-state index in [-0.39, 0.29) is 11.5 Å². The summed E-state index contributed by atoms with van der Waals surface area (Å²) in [6.07, 6.45) is 2.20. The third-order valence-corrected chi connectivity index (χ3v) is 5.55. The number of carbonyl (C=O) groups is 1. The molecule has 0 spiro atoms. The number of hydrogen-bond donors (Lipinski definition) is 2. The van der Waals surface area contributed by atoms with Crippen LogP contribution in [0.4, 0.5) is 10.1 Å². The van der Waals surface area contributed by atoms with Crippen molar-refractivity contribution in [3.8, 4) is 5.69 Å². The van der Waals surface area contributed by atoms with Crippen molar-refractivity contribution in [2.45, 2.75) is 12.8 Å². The van der Waals surface area contributed by atoms with E-state index in [1.165, 1.54) is 6.07 Å². The molecule has 2 heterocycles. The van der Waals surface area contributed by atoms with Gasteiger partial charge in [0.05, 0.1) is 0 Å². The number of hydrogen-bond acceptors (Lipinski definition) is 5. The molecule has 5 rings (SSSR count). The fourth-order valence-electron chi connectivity index (χ4n) is 3.88. The van der Waals surface area contributed by atoms with Crippen LogP contribution in [0.15, 0.2) is 60.7 Å². The fraction of sp³-hybridized carbons (Fsp3) is 0.174. The largest absolute Gasteiger partial charge is 0.357 e. The number of benzene rings is 3. The first-order valence-electron chi connectivity index (χ1n) is 10.3. The molecular weight excluding hydrogens is 409 g/mol. The topological polar surface area (TPSA) is 99.8 Å². The van der Waals surface area contributed by atoms with Crippen LogP contribution in [0, 0.1) is 11.2 Å². The molecule has 3 aromatic carbocycles. The second-order valence-electron chi connectivity index (χ2n) is 7.64. The Hall–Kier alpha value is -4.14. The molecule has 0 saturated carbocycles. The molecule has 2 N–H and O–H groups in total. The fourth-order valence-corrected chi connectivity index (χ4v) is 3.88. The Morgan fingerprint density at radius 3 is 2.41 bits per heavy atom. The summed E-state index contributed by atoms with van der Waals surface area (Å²) in [6, 6.07) is 17.4. The standard InChI is InChI=1S/C23H20FN7O/c24-19-13-16-5-1-2-6-17(16)14-20(19)31-22(27-28-29-31)23(32)26-18-9-7-15(8-10-18)21(25)30-11-3-4-12-30/h1-2,5-10,13-14,25H,3-4,11-12H2,(H,26,32). The number of aromatic nitrogens is 4. The number of amides is 1. The third-order valence-electron chi connectivity index (χ3n) is 5.55. The lowest BCUT2D eigenvalue weighted by Gasteiger charge is -2.18. The normalized spacial score (nSPS) is 13.5. The van der Waals surface area contributed by atoms with Crippen LogP contribution in [0.3, 0.4) is 0 Å². The number of carbonyl (C=O) groups excluding carboxylic acids is 1. The predicted molar refractivity (Wildman–Crippen MR) is 119 cm³/mol. The Morgan fingerprint density at radius 2 is 1.69 bits per heavy atom. The second kappa shape index (κ2) is 8.18. The van der Waals surface area contributed by atoms with E-state index >= 15 is 0 Å². The maximum atomic E-state index is 14.7. The smallest absolute Gasteiger partial charge is 0.295 e. The van der Waals surface area contributed by atoms with Crippen molar-refractivity contribution < 1.29 is 9.18 Å². The molecule has 0 unspecified atom stereocenters. The van der Waals surface area contributed by atoms with Gasteiger partial charge in [0, 0.05) is 24.3 Å². The molecule has 1 aliphatic heterocycles. The monoisotopic (exact) mass is 429 g/mol. The van der Waals surface area contributed by atoms with Crippen LogP contribution >= 0.6 is 0 Å². The second-order valence-corrected chi connectivity index (χ2v) is 7.64. The quantitative estimate of drug-likeness (QED) is 0.381. The minimum atomic E-state index is -0.565. The summed E-state index contributed by atoms with van der Waals surface area (Å²) < 4.78 is 15.8. The Kier molecular flexibility index (Phi) is 5.06. The average molecular weight is 429 g/mol. The molecule has 1 saturated heterocycles. The van der Waals surface area contributed by atoms with Crippen LogP contribution in [-0.2, 0) is 0 Å². The van der Waals surface area contributed by atoms with Crippen LogP contribution < -0.4 is 5.32 Å². The van der Waals surface area contributed by atoms with E-state index in [1.54, 1.807) is 30.3 Å². The zero-order valence-corrected chi connectivity index (χ0v) is 17.1. The van der Waals surface area contributed by atoms with Gasteiger partial charge in [0.25, 0.3) is 5.91 Å². The van der Waals surface area contributed by atoms with Gasteiger partial charge in [0.2, 0.25) is 5.82 Å². The minimum Gasteiger partial charge on any atom is -0.357 e. The molecule has 0 atom stereocenters. The zero-order chi connectivity index (χ0) is 22.1. The molecule has 32 heavy (non-hydrogen) atoms. The zero-order valence-electron chi connectivity index (χ0n) is 17.1. The molecule has 1 amide bonds. The van der Waals surface area contributed by atoms with Crippen LogP contribution in [-0.4, -0.2) is 49.9 Å². The summed E-state index contributed by atoms with van der Waals surface area (Å²) in [6.45, 7) is 1.79. The van der Waals surface area contributed by atoms with Gasteiger partial charge in [-0.25, -0.2) is 4.39 Å². The van der Waals surface area contributed by atoms with Gasteiger partial charge in [0.1, 0.15) is 17.3 Å². The van der Waals surface area contributed by atoms with E-state index in [0.717, 1.165) is 46.9 Å². The summed E-state index contributed by atoms with van der Waals surface area (Å²) >= 11 is 0. The van der Waals surface area contributed by atoms with Crippen molar-refractivity contribution in [3.63, 3.8) is 0 Å². The molecular formula is C23H20FN7O. The molecule has 8 nitrogen and oxygen atoms in total. The maximum absolute atomic E-state index is 14.7. The van der Waals surface area contributed by atoms with Gasteiger partial charge in [-0.3, -0.25) is 10.2 Å². The van der Waals surface area contributed by atoms with Crippen molar-refractivity contribution in [1.82, 2.24) is 25.1 Å². The Bertz CT molecular complexity index is 1310. The first kappa shape index (κ1) is 19.8. The SMILES string of the molecule is N=C(c1ccc(NC(=O)c2nnnn2-c2cc3ccccc3cc2F)cc1)N1CCCC1. The average Bonchev–Trinajstić information content (AvgIpc) is 3.51. The number of rotatable bonds is 4. The number of nitrogens with one attached hydrogen (secondary N) is 2. The molecule has 1 aliphatic rings. The van der Waals surface area contributed by atoms with Crippen LogP contribution in [0.25, 0.3) is 16.5 Å². The van der Waals surface area contributed by atoms with Gasteiger partial charge in [-0.2, -0.15) is 4.68 Å². The number of amidine groups is 1. The number of tetrazole rings is 1. The van der Waals surface area contributed by atoms with Gasteiger partial charge < -0.3 is 10.2 Å². The summed E-state index contributed by atoms with van der Waals surface area (Å²) in [7, 11) is 0. The highest BCUT2D eigenvalue weighted by Crippen LogP contribution is 2.22. The van der Waals surface area contributed by atoms with Gasteiger partial charge >= 0.3 is 0 Å². The van der Waals surface area contributed by atoms with E-state index in [0.29, 0.717) is 11.5 Å². The van der Waals surface area contributed by atoms with Gasteiger partial charge in [-0.1, -0.05) is 24.3 Å². The lowest BCUT2D eigenvalue weighted by molar-refractivity contribution is 0.101. The van der Waals surface area contributed by atoms with Crippen molar-refractivity contribution in [3.05, 3.63) is 77.9 Å². The first-order valence-corrected chi connectivity index (χ1v) is 10.3. The van der Waals surface area contributed by atoms with E-state index in [4.69, 9.17) is 5.41 Å². The van der Waals surface area contributed by atoms with Crippen molar-refractivity contribution in [2.75, 3.05) is 18.4 Å². The van der Waals surface area contributed by atoms with Crippen molar-refractivity contribution in [2.24, 2.45) is 0 Å². The molecule has 0 aliphatic carbocycles. The molecule has 0 bridgehead atoms. The van der Waals surface area contributed by atoms with E-state index < -0.39 is 11.7 Å². The maximum Gasteiger partial charge on any atom is 0.295 e. The minimum absolute atomic E-state index is 0.0910. The molecule has 160 valence electrons. The van der Waals surface area contributed by atoms with Crippen molar-refractivity contribution >= 4 is 28.2 Å². The van der Waals surface area contributed by atoms with E-state index in [2.05, 4.69) is 20.8 Å². The lowest BCUT2D eigenvalue weighted by Crippen LogP contribution is -2.27. The van der Waals surface area contributed by atoms with E-state index in [9.17, 15) is 9.18 Å². The van der Waals surface area contributed by atoms with E-state index in [1.807, 2.05) is 29.2 Å². The summed E-state index contributed by atoms with van der Waals surface area (Å²) in [5.74, 6) is -0.746. The molecule has 1 aromatic heterocycles. The molecule has 1 fully saturated rings. The van der Waals surface area contributed by atoms with Gasteiger partial charge in [-0.15, -0.1) is 5.10 Å². The number of halogens is 1. The summed E-state index contributed by atoms with van der Waals surface area (Å²) in [5.41, 5.74) is 1.41. The summed E-state index contributed by atoms with van der Waals surface area (Å²) in [4.78, 5) is 14.9. The third kappa shape index (κ3) is 3.68. The lowest BCUT2D eigenvalue weighted by atomic mass is 10.1. The van der Waals surface area contributed by atoms with Crippen LogP contribution in [0.2, 0.25) is 0 Å². The van der Waals surface area contributed by atoms with Crippen LogP contribution in [0.1, 0.15) is 29.0 Å². The number of nitrogens with zero attached hydrogens (tertiary/aromatic N) is 5. The Labute approximate surface area is 183 Å². The molecule has 4 aromatic rings. The number of anilines is 1.